The normalized spacial score (nSPS) is 14.1. The van der Waals surface area contributed by atoms with E-state index in [0.29, 0.717) is 18.6 Å². The molecule has 3 heteroatoms. The van der Waals surface area contributed by atoms with Crippen LogP contribution in [0.25, 0.3) is 0 Å². The Labute approximate surface area is 132 Å². The average Bonchev–Trinajstić information content (AvgIpc) is 2.99. The van der Waals surface area contributed by atoms with E-state index < -0.39 is 0 Å². The smallest absolute Gasteiger partial charge is 0.124 e. The Bertz CT molecular complexity index is 536. The second kappa shape index (κ2) is 7.62. The van der Waals surface area contributed by atoms with Crippen LogP contribution in [0.3, 0.4) is 0 Å². The number of hydrogen-bond donors (Lipinski definition) is 1. The maximum Gasteiger partial charge on any atom is 0.124 e. The summed E-state index contributed by atoms with van der Waals surface area (Å²) in [6.45, 7) is 9.46. The largest absolute Gasteiger partial charge is 0.494 e. The van der Waals surface area contributed by atoms with Gasteiger partial charge in [-0.05, 0) is 37.3 Å². The van der Waals surface area contributed by atoms with Crippen molar-refractivity contribution < 1.29 is 4.74 Å². The molecule has 2 unspecified atom stereocenters. The molecule has 1 heterocycles. The molecule has 1 aromatic carbocycles. The van der Waals surface area contributed by atoms with Crippen molar-refractivity contribution in [1.29, 1.82) is 0 Å². The van der Waals surface area contributed by atoms with Crippen LogP contribution in [-0.4, -0.2) is 6.61 Å². The van der Waals surface area contributed by atoms with Crippen molar-refractivity contribution in [3.05, 3.63) is 52.2 Å². The van der Waals surface area contributed by atoms with E-state index in [-0.39, 0.29) is 6.04 Å². The Hall–Kier alpha value is -1.32. The van der Waals surface area contributed by atoms with Crippen molar-refractivity contribution in [1.82, 2.24) is 5.32 Å². The lowest BCUT2D eigenvalue weighted by Crippen LogP contribution is -2.28. The van der Waals surface area contributed by atoms with Crippen LogP contribution in [0.4, 0.5) is 0 Å². The highest BCUT2D eigenvalue weighted by Crippen LogP contribution is 2.31. The molecule has 0 radical (unpaired) electrons. The van der Waals surface area contributed by atoms with E-state index in [0.717, 1.165) is 5.75 Å². The summed E-state index contributed by atoms with van der Waals surface area (Å²) in [4.78, 5) is 1.39. The maximum absolute atomic E-state index is 5.75. The highest BCUT2D eigenvalue weighted by atomic mass is 32.1. The molecule has 1 N–H and O–H groups in total. The van der Waals surface area contributed by atoms with E-state index in [1.807, 2.05) is 30.4 Å². The molecule has 0 aliphatic rings. The van der Waals surface area contributed by atoms with Gasteiger partial charge in [0.25, 0.3) is 0 Å². The summed E-state index contributed by atoms with van der Waals surface area (Å²) in [5.74, 6) is 1.53. The maximum atomic E-state index is 5.75. The van der Waals surface area contributed by atoms with E-state index in [9.17, 15) is 0 Å². The summed E-state index contributed by atoms with van der Waals surface area (Å²) in [5, 5.41) is 5.91. The molecule has 2 aromatic rings. The molecule has 21 heavy (non-hydrogen) atoms. The predicted octanol–water partition coefficient (Wildman–Crippen LogP) is 5.19. The minimum atomic E-state index is 0.252. The number of hydrogen-bond acceptors (Lipinski definition) is 3. The predicted molar refractivity (Wildman–Crippen MR) is 91.1 cm³/mol. The van der Waals surface area contributed by atoms with Crippen LogP contribution in [-0.2, 0) is 0 Å². The van der Waals surface area contributed by atoms with Crippen LogP contribution in [0.5, 0.6) is 5.75 Å². The Balaban J connectivity index is 2.18. The van der Waals surface area contributed by atoms with Crippen molar-refractivity contribution in [3.63, 3.8) is 0 Å². The van der Waals surface area contributed by atoms with E-state index >= 15 is 0 Å². The first-order valence-electron chi connectivity index (χ1n) is 7.64. The van der Waals surface area contributed by atoms with E-state index in [4.69, 9.17) is 4.74 Å². The second-order valence-electron chi connectivity index (χ2n) is 5.60. The van der Waals surface area contributed by atoms with Crippen molar-refractivity contribution >= 4 is 11.3 Å². The lowest BCUT2D eigenvalue weighted by molar-refractivity contribution is 0.324. The lowest BCUT2D eigenvalue weighted by atomic mass is 9.99. The topological polar surface area (TPSA) is 21.3 Å². The van der Waals surface area contributed by atoms with Gasteiger partial charge >= 0.3 is 0 Å². The molecule has 2 rings (SSSR count). The number of para-hydroxylation sites is 1. The molecule has 114 valence electrons. The van der Waals surface area contributed by atoms with Gasteiger partial charge in [0.1, 0.15) is 5.75 Å². The summed E-state index contributed by atoms with van der Waals surface area (Å²) in [7, 11) is 0. The molecule has 0 saturated heterocycles. The Morgan fingerprint density at radius 3 is 2.48 bits per heavy atom. The third kappa shape index (κ3) is 4.08. The Morgan fingerprint density at radius 2 is 1.86 bits per heavy atom. The zero-order chi connectivity index (χ0) is 15.2. The number of nitrogens with one attached hydrogen (secondary N) is 1. The van der Waals surface area contributed by atoms with Gasteiger partial charge in [-0.25, -0.2) is 0 Å². The van der Waals surface area contributed by atoms with Crippen LogP contribution in [0.15, 0.2) is 41.8 Å². The van der Waals surface area contributed by atoms with Crippen molar-refractivity contribution in [2.24, 2.45) is 5.92 Å². The summed E-state index contributed by atoms with van der Waals surface area (Å²) in [5.41, 5.74) is 1.22. The zero-order valence-corrected chi connectivity index (χ0v) is 14.1. The van der Waals surface area contributed by atoms with Crippen molar-refractivity contribution in [2.75, 3.05) is 6.61 Å². The minimum Gasteiger partial charge on any atom is -0.494 e. The van der Waals surface area contributed by atoms with Gasteiger partial charge < -0.3 is 10.1 Å². The molecule has 0 amide bonds. The molecule has 0 saturated carbocycles. The number of benzene rings is 1. The molecular formula is C18H25NOS. The highest BCUT2D eigenvalue weighted by Gasteiger charge is 2.21. The minimum absolute atomic E-state index is 0.252. The molecule has 0 spiro atoms. The van der Waals surface area contributed by atoms with Gasteiger partial charge in [0.15, 0.2) is 0 Å². The molecule has 0 fully saturated rings. The van der Waals surface area contributed by atoms with Gasteiger partial charge in [-0.3, -0.25) is 0 Å². The van der Waals surface area contributed by atoms with Gasteiger partial charge in [-0.15, -0.1) is 11.3 Å². The van der Waals surface area contributed by atoms with Crippen LogP contribution >= 0.6 is 11.3 Å². The molecule has 2 nitrogen and oxygen atoms in total. The third-order valence-corrected chi connectivity index (χ3v) is 4.59. The van der Waals surface area contributed by atoms with Crippen LogP contribution in [0.2, 0.25) is 0 Å². The molecule has 0 aliphatic carbocycles. The van der Waals surface area contributed by atoms with Crippen LogP contribution in [0, 0.1) is 5.92 Å². The fourth-order valence-electron chi connectivity index (χ4n) is 2.56. The van der Waals surface area contributed by atoms with Crippen LogP contribution < -0.4 is 10.1 Å². The quantitative estimate of drug-likeness (QED) is 0.759. The Kier molecular flexibility index (Phi) is 5.83. The summed E-state index contributed by atoms with van der Waals surface area (Å²) >= 11 is 1.82. The van der Waals surface area contributed by atoms with Crippen LogP contribution in [0.1, 0.15) is 50.2 Å². The first kappa shape index (κ1) is 16.1. The summed E-state index contributed by atoms with van der Waals surface area (Å²) in [6.07, 6.45) is 0. The average molecular weight is 303 g/mol. The van der Waals surface area contributed by atoms with Gasteiger partial charge in [0.2, 0.25) is 0 Å². The summed E-state index contributed by atoms with van der Waals surface area (Å²) < 4.78 is 5.75. The molecule has 1 aromatic heterocycles. The number of rotatable bonds is 7. The van der Waals surface area contributed by atoms with E-state index in [2.05, 4.69) is 55.7 Å². The SMILES string of the molecule is CCOc1ccccc1C(C)NC(c1cccs1)C(C)C. The number of thiophene rings is 1. The monoisotopic (exact) mass is 303 g/mol. The van der Waals surface area contributed by atoms with E-state index in [1.165, 1.54) is 10.4 Å². The lowest BCUT2D eigenvalue weighted by Gasteiger charge is -2.27. The summed E-state index contributed by atoms with van der Waals surface area (Å²) in [6, 6.07) is 13.3. The third-order valence-electron chi connectivity index (χ3n) is 3.63. The standard InChI is InChI=1S/C18H25NOS/c1-5-20-16-10-7-6-9-15(16)14(4)19-18(13(2)3)17-11-8-12-21-17/h6-14,18-19H,5H2,1-4H3. The molecule has 0 aliphatic heterocycles. The van der Waals surface area contributed by atoms with Gasteiger partial charge in [-0.1, -0.05) is 38.1 Å². The van der Waals surface area contributed by atoms with Gasteiger partial charge in [0.05, 0.1) is 6.61 Å². The number of ether oxygens (including phenoxy) is 1. The first-order valence-corrected chi connectivity index (χ1v) is 8.52. The Morgan fingerprint density at radius 1 is 1.10 bits per heavy atom. The molecule has 2 atom stereocenters. The van der Waals surface area contributed by atoms with Gasteiger partial charge in [-0.2, -0.15) is 0 Å². The zero-order valence-electron chi connectivity index (χ0n) is 13.3. The highest BCUT2D eigenvalue weighted by molar-refractivity contribution is 7.10. The fourth-order valence-corrected chi connectivity index (χ4v) is 3.51. The van der Waals surface area contributed by atoms with Gasteiger partial charge in [0, 0.05) is 22.5 Å². The second-order valence-corrected chi connectivity index (χ2v) is 6.58. The van der Waals surface area contributed by atoms with E-state index in [1.54, 1.807) is 0 Å². The van der Waals surface area contributed by atoms with Crippen molar-refractivity contribution in [2.45, 2.75) is 39.8 Å². The molecular weight excluding hydrogens is 278 g/mol. The fraction of sp³-hybridized carbons (Fsp3) is 0.444. The molecule has 0 bridgehead atoms. The van der Waals surface area contributed by atoms with Crippen molar-refractivity contribution in [3.8, 4) is 5.75 Å². The first-order chi connectivity index (χ1) is 10.1.